The average molecular weight is 154 g/mol. The van der Waals surface area contributed by atoms with Crippen LogP contribution in [0.2, 0.25) is 0 Å². The van der Waals surface area contributed by atoms with Gasteiger partial charge in [0.15, 0.2) is 0 Å². The van der Waals surface area contributed by atoms with Crippen molar-refractivity contribution >= 4 is 0 Å². The Hall–Kier alpha value is 0.170. The predicted molar refractivity (Wildman–Crippen MR) is 28.7 cm³/mol. The van der Waals surface area contributed by atoms with Crippen LogP contribution >= 0.6 is 0 Å². The molecule has 1 N–H and O–H groups in total. The Labute approximate surface area is 61.2 Å². The molecule has 1 aliphatic heterocycles. The number of quaternary nitrogens is 1. The van der Waals surface area contributed by atoms with E-state index in [-0.39, 0.29) is 12.4 Å². The lowest BCUT2D eigenvalue weighted by Gasteiger charge is -2.18. The molecule has 4 heteroatoms. The number of rotatable bonds is 0. The van der Waals surface area contributed by atoms with Crippen LogP contribution in [0.4, 0.5) is 0 Å². The second-order valence-corrected chi connectivity index (χ2v) is 2.65. The standard InChI is InChI=1S/C5H12NO2.ClH/c1-6(2)4-3-5(7)8-6;/h5,7H,3-4H2,1-2H3;1H/q+1;/p-1. The van der Waals surface area contributed by atoms with E-state index in [9.17, 15) is 0 Å². The summed E-state index contributed by atoms with van der Waals surface area (Å²) in [5.41, 5.74) is 0. The van der Waals surface area contributed by atoms with Gasteiger partial charge in [-0.25, -0.2) is 0 Å². The molecule has 0 bridgehead atoms. The zero-order valence-corrected chi connectivity index (χ0v) is 6.43. The quantitative estimate of drug-likeness (QED) is 0.370. The van der Waals surface area contributed by atoms with Crippen LogP contribution in [0.25, 0.3) is 0 Å². The van der Waals surface area contributed by atoms with Crippen LogP contribution in [0.15, 0.2) is 0 Å². The Bertz CT molecular complexity index is 97.0. The first-order chi connectivity index (χ1) is 3.60. The van der Waals surface area contributed by atoms with E-state index in [1.807, 2.05) is 14.1 Å². The van der Waals surface area contributed by atoms with Gasteiger partial charge < -0.3 is 17.5 Å². The van der Waals surface area contributed by atoms with E-state index in [4.69, 9.17) is 9.94 Å². The fraction of sp³-hybridized carbons (Fsp3) is 1.00. The van der Waals surface area contributed by atoms with E-state index in [0.29, 0.717) is 4.65 Å². The summed E-state index contributed by atoms with van der Waals surface area (Å²) in [7, 11) is 3.85. The molecule has 0 aromatic carbocycles. The molecule has 0 spiro atoms. The Morgan fingerprint density at radius 2 is 2.11 bits per heavy atom. The lowest BCUT2D eigenvalue weighted by Crippen LogP contribution is -3.00. The third kappa shape index (κ3) is 2.49. The first kappa shape index (κ1) is 9.17. The summed E-state index contributed by atoms with van der Waals surface area (Å²) < 4.78 is 0.487. The molecule has 1 rings (SSSR count). The van der Waals surface area contributed by atoms with Crippen molar-refractivity contribution in [1.82, 2.24) is 0 Å². The zero-order valence-electron chi connectivity index (χ0n) is 5.67. The first-order valence-corrected chi connectivity index (χ1v) is 2.80. The molecular weight excluding hydrogens is 142 g/mol. The summed E-state index contributed by atoms with van der Waals surface area (Å²) in [6.45, 7) is 0.904. The maximum absolute atomic E-state index is 8.83. The van der Waals surface area contributed by atoms with Crippen LogP contribution in [-0.2, 0) is 4.84 Å². The summed E-state index contributed by atoms with van der Waals surface area (Å²) >= 11 is 0. The van der Waals surface area contributed by atoms with Crippen molar-refractivity contribution in [2.75, 3.05) is 20.6 Å². The normalized spacial score (nSPS) is 31.7. The highest BCUT2D eigenvalue weighted by atomic mass is 35.5. The third-order valence-corrected chi connectivity index (χ3v) is 1.32. The minimum Gasteiger partial charge on any atom is -1.00 e. The van der Waals surface area contributed by atoms with E-state index < -0.39 is 6.29 Å². The molecule has 0 saturated carbocycles. The molecule has 56 valence electrons. The lowest BCUT2D eigenvalue weighted by molar-refractivity contribution is -1.07. The van der Waals surface area contributed by atoms with Crippen LogP contribution in [0.1, 0.15) is 6.42 Å². The van der Waals surface area contributed by atoms with Crippen molar-refractivity contribution in [3.05, 3.63) is 0 Å². The fourth-order valence-corrected chi connectivity index (χ4v) is 0.856. The predicted octanol–water partition coefficient (Wildman–Crippen LogP) is -3.28. The molecule has 9 heavy (non-hydrogen) atoms. The smallest absolute Gasteiger partial charge is 0.218 e. The topological polar surface area (TPSA) is 29.5 Å². The molecule has 0 radical (unpaired) electrons. The van der Waals surface area contributed by atoms with Gasteiger partial charge in [-0.2, -0.15) is 9.48 Å². The van der Waals surface area contributed by atoms with Crippen LogP contribution < -0.4 is 12.4 Å². The number of hydrogen-bond donors (Lipinski definition) is 1. The van der Waals surface area contributed by atoms with Crippen molar-refractivity contribution in [1.29, 1.82) is 0 Å². The van der Waals surface area contributed by atoms with Crippen LogP contribution in [0.5, 0.6) is 0 Å². The van der Waals surface area contributed by atoms with Gasteiger partial charge in [-0.05, 0) is 0 Å². The van der Waals surface area contributed by atoms with Gasteiger partial charge in [0.2, 0.25) is 6.29 Å². The number of halogens is 1. The van der Waals surface area contributed by atoms with Gasteiger partial charge in [-0.15, -0.1) is 0 Å². The van der Waals surface area contributed by atoms with Crippen LogP contribution in [0, 0.1) is 0 Å². The van der Waals surface area contributed by atoms with Gasteiger partial charge in [-0.1, -0.05) is 0 Å². The Morgan fingerprint density at radius 3 is 2.22 bits per heavy atom. The molecule has 1 fully saturated rings. The highest BCUT2D eigenvalue weighted by molar-refractivity contribution is 4.41. The van der Waals surface area contributed by atoms with E-state index in [2.05, 4.69) is 0 Å². The van der Waals surface area contributed by atoms with Crippen molar-refractivity contribution in [3.8, 4) is 0 Å². The first-order valence-electron chi connectivity index (χ1n) is 2.80. The van der Waals surface area contributed by atoms with Gasteiger partial charge in [0.25, 0.3) is 0 Å². The summed E-state index contributed by atoms with van der Waals surface area (Å²) in [4.78, 5) is 5.04. The lowest BCUT2D eigenvalue weighted by atomic mass is 10.4. The van der Waals surface area contributed by atoms with Gasteiger partial charge in [0, 0.05) is 0 Å². The molecule has 0 aliphatic carbocycles. The molecule has 1 aliphatic rings. The number of hydrogen-bond acceptors (Lipinski definition) is 2. The summed E-state index contributed by atoms with van der Waals surface area (Å²) in [5, 5.41) is 8.83. The van der Waals surface area contributed by atoms with Crippen molar-refractivity contribution in [2.24, 2.45) is 0 Å². The molecule has 1 atom stereocenters. The Morgan fingerprint density at radius 1 is 1.56 bits per heavy atom. The highest BCUT2D eigenvalue weighted by Crippen LogP contribution is 2.14. The van der Waals surface area contributed by atoms with Gasteiger partial charge in [0.05, 0.1) is 20.5 Å². The van der Waals surface area contributed by atoms with Crippen LogP contribution in [0.3, 0.4) is 0 Å². The van der Waals surface area contributed by atoms with Crippen molar-refractivity contribution in [2.45, 2.75) is 12.7 Å². The number of nitrogens with zero attached hydrogens (tertiary/aromatic N) is 1. The second-order valence-electron chi connectivity index (χ2n) is 2.65. The average Bonchev–Trinajstić information content (AvgIpc) is 1.82. The van der Waals surface area contributed by atoms with E-state index in [0.717, 1.165) is 13.0 Å². The van der Waals surface area contributed by atoms with E-state index in [1.165, 1.54) is 0 Å². The minimum absolute atomic E-state index is 0. The molecule has 3 nitrogen and oxygen atoms in total. The summed E-state index contributed by atoms with van der Waals surface area (Å²) in [6.07, 6.45) is 0.220. The molecule has 0 amide bonds. The summed E-state index contributed by atoms with van der Waals surface area (Å²) in [6, 6.07) is 0. The van der Waals surface area contributed by atoms with E-state index in [1.54, 1.807) is 0 Å². The number of hydroxylamine groups is 3. The van der Waals surface area contributed by atoms with Crippen LogP contribution in [-0.4, -0.2) is 36.7 Å². The highest BCUT2D eigenvalue weighted by Gasteiger charge is 2.30. The SMILES string of the molecule is C[N+]1(C)CCC(O)O1.[Cl-]. The Kier molecular flexibility index (Phi) is 2.89. The molecule has 1 unspecified atom stereocenters. The van der Waals surface area contributed by atoms with Gasteiger partial charge in [-0.3, -0.25) is 0 Å². The largest absolute Gasteiger partial charge is 1.00 e. The van der Waals surface area contributed by atoms with Gasteiger partial charge in [0.1, 0.15) is 6.54 Å². The second kappa shape index (κ2) is 2.84. The third-order valence-electron chi connectivity index (χ3n) is 1.32. The Balaban J connectivity index is 0.000000640. The molecule has 1 saturated heterocycles. The summed E-state index contributed by atoms with van der Waals surface area (Å²) in [5.74, 6) is 0. The van der Waals surface area contributed by atoms with Gasteiger partial charge >= 0.3 is 0 Å². The molecule has 0 aromatic rings. The minimum atomic E-state index is -0.537. The monoisotopic (exact) mass is 153 g/mol. The zero-order chi connectivity index (χ0) is 6.20. The maximum Gasteiger partial charge on any atom is 0.218 e. The number of aliphatic hydroxyl groups excluding tert-OH is 1. The van der Waals surface area contributed by atoms with E-state index >= 15 is 0 Å². The molecule has 0 aromatic heterocycles. The molecular formula is C5H12ClNO2. The molecule has 1 heterocycles. The number of aliphatic hydroxyl groups is 1. The van der Waals surface area contributed by atoms with Crippen molar-refractivity contribution in [3.63, 3.8) is 0 Å². The van der Waals surface area contributed by atoms with Crippen molar-refractivity contribution < 1.29 is 27.0 Å². The fourth-order valence-electron chi connectivity index (χ4n) is 0.856. The maximum atomic E-state index is 8.83.